The molecule has 4 heteroatoms. The third-order valence-electron chi connectivity index (χ3n) is 2.55. The lowest BCUT2D eigenvalue weighted by Crippen LogP contribution is -2.41. The predicted octanol–water partition coefficient (Wildman–Crippen LogP) is 1.15. The molecule has 0 fully saturated rings. The molecule has 90 valence electrons. The van der Waals surface area contributed by atoms with Crippen LogP contribution in [0.3, 0.4) is 0 Å². The largest absolute Gasteiger partial charge is 0.308 e. The number of hydrogen-bond donors (Lipinski definition) is 1. The molecule has 0 spiro atoms. The standard InChI is InChI=1S/C12H22N4/c1-10(2)12(8-16(3)4)15-7-11-5-13-9-14-6-11/h5-6,9-10,12,15H,7-8H2,1-4H3. The van der Waals surface area contributed by atoms with Gasteiger partial charge in [-0.2, -0.15) is 0 Å². The summed E-state index contributed by atoms with van der Waals surface area (Å²) >= 11 is 0. The minimum atomic E-state index is 0.496. The second-order valence-electron chi connectivity index (χ2n) is 4.74. The zero-order valence-corrected chi connectivity index (χ0v) is 10.6. The van der Waals surface area contributed by atoms with Crippen molar-refractivity contribution in [1.29, 1.82) is 0 Å². The molecule has 0 aromatic carbocycles. The molecule has 1 rings (SSSR count). The second-order valence-corrected chi connectivity index (χ2v) is 4.74. The first-order valence-corrected chi connectivity index (χ1v) is 5.71. The van der Waals surface area contributed by atoms with Crippen LogP contribution in [0.25, 0.3) is 0 Å². The third kappa shape index (κ3) is 4.68. The van der Waals surface area contributed by atoms with Gasteiger partial charge in [0, 0.05) is 37.1 Å². The van der Waals surface area contributed by atoms with Crippen molar-refractivity contribution in [2.45, 2.75) is 26.4 Å². The Labute approximate surface area is 98.1 Å². The van der Waals surface area contributed by atoms with Gasteiger partial charge in [-0.15, -0.1) is 0 Å². The molecule has 0 aliphatic carbocycles. The van der Waals surface area contributed by atoms with E-state index in [1.807, 2.05) is 12.4 Å². The SMILES string of the molecule is CC(C)C(CN(C)C)NCc1cncnc1. The fourth-order valence-corrected chi connectivity index (χ4v) is 1.57. The Kier molecular flexibility index (Phi) is 5.35. The van der Waals surface area contributed by atoms with Gasteiger partial charge in [0.2, 0.25) is 0 Å². The number of rotatable bonds is 6. The molecule has 16 heavy (non-hydrogen) atoms. The Balaban J connectivity index is 2.44. The van der Waals surface area contributed by atoms with Crippen molar-refractivity contribution < 1.29 is 0 Å². The quantitative estimate of drug-likeness (QED) is 0.784. The Morgan fingerprint density at radius 3 is 2.38 bits per heavy atom. The van der Waals surface area contributed by atoms with Crippen molar-refractivity contribution in [3.05, 3.63) is 24.3 Å². The van der Waals surface area contributed by atoms with Crippen LogP contribution in [0.1, 0.15) is 19.4 Å². The summed E-state index contributed by atoms with van der Waals surface area (Å²) in [6.07, 6.45) is 5.27. The van der Waals surface area contributed by atoms with Crippen LogP contribution in [0, 0.1) is 5.92 Å². The molecule has 1 heterocycles. The highest BCUT2D eigenvalue weighted by Gasteiger charge is 2.13. The van der Waals surface area contributed by atoms with Crippen LogP contribution in [0.4, 0.5) is 0 Å². The maximum atomic E-state index is 4.01. The zero-order chi connectivity index (χ0) is 12.0. The van der Waals surface area contributed by atoms with Gasteiger partial charge >= 0.3 is 0 Å². The van der Waals surface area contributed by atoms with E-state index in [-0.39, 0.29) is 0 Å². The molecule has 0 radical (unpaired) electrons. The van der Waals surface area contributed by atoms with Gasteiger partial charge in [0.25, 0.3) is 0 Å². The molecule has 1 aromatic rings. The van der Waals surface area contributed by atoms with Crippen LogP contribution >= 0.6 is 0 Å². The summed E-state index contributed by atoms with van der Waals surface area (Å²) in [6.45, 7) is 6.36. The van der Waals surface area contributed by atoms with Gasteiger partial charge in [0.15, 0.2) is 0 Å². The highest BCUT2D eigenvalue weighted by atomic mass is 15.1. The lowest BCUT2D eigenvalue weighted by atomic mass is 10.0. The molecule has 0 aliphatic heterocycles. The van der Waals surface area contributed by atoms with Crippen LogP contribution in [0.5, 0.6) is 0 Å². The average Bonchev–Trinajstić information content (AvgIpc) is 2.25. The normalized spacial score (nSPS) is 13.4. The first-order chi connectivity index (χ1) is 7.59. The van der Waals surface area contributed by atoms with Crippen LogP contribution in [0.2, 0.25) is 0 Å². The maximum Gasteiger partial charge on any atom is 0.115 e. The lowest BCUT2D eigenvalue weighted by Gasteiger charge is -2.25. The lowest BCUT2D eigenvalue weighted by molar-refractivity contribution is 0.288. The van der Waals surface area contributed by atoms with E-state index in [4.69, 9.17) is 0 Å². The van der Waals surface area contributed by atoms with Gasteiger partial charge in [0.1, 0.15) is 6.33 Å². The molecule has 1 unspecified atom stereocenters. The Hall–Kier alpha value is -1.00. The summed E-state index contributed by atoms with van der Waals surface area (Å²) < 4.78 is 0. The van der Waals surface area contributed by atoms with E-state index in [9.17, 15) is 0 Å². The van der Waals surface area contributed by atoms with E-state index in [0.29, 0.717) is 12.0 Å². The number of nitrogens with zero attached hydrogens (tertiary/aromatic N) is 3. The first kappa shape index (κ1) is 13.1. The van der Waals surface area contributed by atoms with Gasteiger partial charge in [-0.25, -0.2) is 9.97 Å². The third-order valence-corrected chi connectivity index (χ3v) is 2.55. The van der Waals surface area contributed by atoms with E-state index in [1.54, 1.807) is 6.33 Å². The summed E-state index contributed by atoms with van der Waals surface area (Å²) in [5.74, 6) is 0.618. The van der Waals surface area contributed by atoms with Crippen LogP contribution in [-0.2, 0) is 6.54 Å². The van der Waals surface area contributed by atoms with E-state index in [0.717, 1.165) is 18.7 Å². The van der Waals surface area contributed by atoms with E-state index in [2.05, 4.69) is 48.1 Å². The summed E-state index contributed by atoms with van der Waals surface area (Å²) in [4.78, 5) is 10.2. The van der Waals surface area contributed by atoms with Gasteiger partial charge < -0.3 is 10.2 Å². The topological polar surface area (TPSA) is 41.0 Å². The Morgan fingerprint density at radius 1 is 1.25 bits per heavy atom. The van der Waals surface area contributed by atoms with Crippen molar-refractivity contribution in [2.75, 3.05) is 20.6 Å². The zero-order valence-electron chi connectivity index (χ0n) is 10.6. The van der Waals surface area contributed by atoms with Gasteiger partial charge in [-0.05, 0) is 20.0 Å². The predicted molar refractivity (Wildman–Crippen MR) is 66.1 cm³/mol. The number of nitrogens with one attached hydrogen (secondary N) is 1. The molecule has 0 bridgehead atoms. The van der Waals surface area contributed by atoms with Gasteiger partial charge in [-0.1, -0.05) is 13.8 Å². The fourth-order valence-electron chi connectivity index (χ4n) is 1.57. The van der Waals surface area contributed by atoms with Crippen LogP contribution < -0.4 is 5.32 Å². The van der Waals surface area contributed by atoms with Crippen molar-refractivity contribution >= 4 is 0 Å². The van der Waals surface area contributed by atoms with Crippen molar-refractivity contribution in [3.8, 4) is 0 Å². The molecule has 1 N–H and O–H groups in total. The number of aromatic nitrogens is 2. The van der Waals surface area contributed by atoms with Crippen molar-refractivity contribution in [3.63, 3.8) is 0 Å². The first-order valence-electron chi connectivity index (χ1n) is 5.71. The highest BCUT2D eigenvalue weighted by molar-refractivity contribution is 5.01. The fraction of sp³-hybridized carbons (Fsp3) is 0.667. The summed E-state index contributed by atoms with van der Waals surface area (Å²) in [6, 6.07) is 0.496. The molecule has 1 aromatic heterocycles. The second kappa shape index (κ2) is 6.55. The molecule has 0 amide bonds. The van der Waals surface area contributed by atoms with Gasteiger partial charge in [0.05, 0.1) is 0 Å². The maximum absolute atomic E-state index is 4.01. The van der Waals surface area contributed by atoms with Crippen molar-refractivity contribution in [1.82, 2.24) is 20.2 Å². The van der Waals surface area contributed by atoms with Gasteiger partial charge in [-0.3, -0.25) is 0 Å². The molecule has 0 aliphatic rings. The Morgan fingerprint density at radius 2 is 1.88 bits per heavy atom. The molecule has 0 saturated heterocycles. The van der Waals surface area contributed by atoms with E-state index in [1.165, 1.54) is 0 Å². The van der Waals surface area contributed by atoms with Crippen molar-refractivity contribution in [2.24, 2.45) is 5.92 Å². The number of hydrogen-bond acceptors (Lipinski definition) is 4. The highest BCUT2D eigenvalue weighted by Crippen LogP contribution is 2.04. The summed E-state index contributed by atoms with van der Waals surface area (Å²) in [5, 5.41) is 3.55. The summed E-state index contributed by atoms with van der Waals surface area (Å²) in [5.41, 5.74) is 1.13. The van der Waals surface area contributed by atoms with E-state index < -0.39 is 0 Å². The minimum absolute atomic E-state index is 0.496. The monoisotopic (exact) mass is 222 g/mol. The summed E-state index contributed by atoms with van der Waals surface area (Å²) in [7, 11) is 4.20. The van der Waals surface area contributed by atoms with Crippen LogP contribution in [0.15, 0.2) is 18.7 Å². The molecule has 4 nitrogen and oxygen atoms in total. The Bertz CT molecular complexity index is 284. The minimum Gasteiger partial charge on any atom is -0.308 e. The molecule has 1 atom stereocenters. The van der Waals surface area contributed by atoms with Crippen LogP contribution in [-0.4, -0.2) is 41.5 Å². The molecular weight excluding hydrogens is 200 g/mol. The molecule has 0 saturated carbocycles. The van der Waals surface area contributed by atoms with E-state index >= 15 is 0 Å². The average molecular weight is 222 g/mol. The number of likely N-dealkylation sites (N-methyl/N-ethyl adjacent to an activating group) is 1. The smallest absolute Gasteiger partial charge is 0.115 e. The molecular formula is C12H22N4.